The normalized spacial score (nSPS) is 14.8. The van der Waals surface area contributed by atoms with E-state index >= 15 is 0 Å². The van der Waals surface area contributed by atoms with Crippen molar-refractivity contribution in [3.63, 3.8) is 0 Å². The number of aryl methyl sites for hydroxylation is 1. The Bertz CT molecular complexity index is 935. The minimum absolute atomic E-state index is 0.0214. The van der Waals surface area contributed by atoms with Gasteiger partial charge in [-0.05, 0) is 31.2 Å². The lowest BCUT2D eigenvalue weighted by molar-refractivity contribution is 0.0513. The number of hydrogen-bond donors (Lipinski definition) is 0. The summed E-state index contributed by atoms with van der Waals surface area (Å²) in [5.41, 5.74) is 1.78. The maximum atomic E-state index is 13.0. The van der Waals surface area contributed by atoms with Crippen molar-refractivity contribution in [3.8, 4) is 0 Å². The molecule has 0 radical (unpaired) electrons. The van der Waals surface area contributed by atoms with Crippen LogP contribution < -0.4 is 0 Å². The molecule has 1 aliphatic rings. The van der Waals surface area contributed by atoms with E-state index in [0.717, 1.165) is 17.4 Å². The SMILES string of the molecule is CCn1c(C(=O)N2CCN(C(=O)c3ccco3)CC2)cc2ccccc21. The van der Waals surface area contributed by atoms with E-state index in [1.54, 1.807) is 17.0 Å². The van der Waals surface area contributed by atoms with Crippen LogP contribution in [0.2, 0.25) is 0 Å². The predicted molar refractivity (Wildman–Crippen MR) is 98.1 cm³/mol. The lowest BCUT2D eigenvalue weighted by Gasteiger charge is -2.34. The number of furan rings is 1. The van der Waals surface area contributed by atoms with E-state index in [2.05, 4.69) is 4.57 Å². The van der Waals surface area contributed by atoms with Crippen LogP contribution in [-0.2, 0) is 6.54 Å². The second kappa shape index (κ2) is 6.71. The molecule has 0 saturated carbocycles. The Morgan fingerprint density at radius 1 is 0.962 bits per heavy atom. The molecular formula is C20H21N3O3. The number of hydrogen-bond acceptors (Lipinski definition) is 3. The molecule has 4 rings (SSSR count). The first-order valence-electron chi connectivity index (χ1n) is 8.89. The first-order chi connectivity index (χ1) is 12.7. The summed E-state index contributed by atoms with van der Waals surface area (Å²) in [6, 6.07) is 13.4. The van der Waals surface area contributed by atoms with Crippen molar-refractivity contribution in [3.05, 3.63) is 60.2 Å². The Balaban J connectivity index is 1.50. The highest BCUT2D eigenvalue weighted by Crippen LogP contribution is 2.21. The number of carbonyl (C=O) groups excluding carboxylic acids is 2. The van der Waals surface area contributed by atoms with Crippen LogP contribution >= 0.6 is 0 Å². The second-order valence-electron chi connectivity index (χ2n) is 6.39. The van der Waals surface area contributed by atoms with Crippen molar-refractivity contribution >= 4 is 22.7 Å². The Morgan fingerprint density at radius 3 is 2.31 bits per heavy atom. The summed E-state index contributed by atoms with van der Waals surface area (Å²) < 4.78 is 7.23. The van der Waals surface area contributed by atoms with Crippen molar-refractivity contribution in [2.24, 2.45) is 0 Å². The van der Waals surface area contributed by atoms with Crippen LogP contribution in [0.5, 0.6) is 0 Å². The molecule has 0 bridgehead atoms. The van der Waals surface area contributed by atoms with Crippen LogP contribution in [0.3, 0.4) is 0 Å². The maximum Gasteiger partial charge on any atom is 0.289 e. The average molecular weight is 351 g/mol. The molecule has 0 spiro atoms. The highest BCUT2D eigenvalue weighted by molar-refractivity contribution is 5.99. The van der Waals surface area contributed by atoms with Gasteiger partial charge in [-0.25, -0.2) is 0 Å². The number of rotatable bonds is 3. The third kappa shape index (κ3) is 2.77. The molecule has 26 heavy (non-hydrogen) atoms. The number of piperazine rings is 1. The van der Waals surface area contributed by atoms with E-state index in [9.17, 15) is 9.59 Å². The molecule has 3 heterocycles. The molecule has 0 N–H and O–H groups in total. The topological polar surface area (TPSA) is 58.7 Å². The Kier molecular flexibility index (Phi) is 4.24. The van der Waals surface area contributed by atoms with Crippen LogP contribution in [0.4, 0.5) is 0 Å². The number of carbonyl (C=O) groups is 2. The molecule has 1 aromatic carbocycles. The number of para-hydroxylation sites is 1. The van der Waals surface area contributed by atoms with Crippen LogP contribution in [0.1, 0.15) is 28.0 Å². The summed E-state index contributed by atoms with van der Waals surface area (Å²) in [7, 11) is 0. The maximum absolute atomic E-state index is 13.0. The molecule has 2 amide bonds. The lowest BCUT2D eigenvalue weighted by atomic mass is 10.2. The largest absolute Gasteiger partial charge is 0.459 e. The fraction of sp³-hybridized carbons (Fsp3) is 0.300. The van der Waals surface area contributed by atoms with E-state index in [1.807, 2.05) is 42.2 Å². The molecule has 0 unspecified atom stereocenters. The zero-order chi connectivity index (χ0) is 18.1. The molecule has 6 nitrogen and oxygen atoms in total. The van der Waals surface area contributed by atoms with Gasteiger partial charge in [-0.3, -0.25) is 9.59 Å². The second-order valence-corrected chi connectivity index (χ2v) is 6.39. The molecule has 1 saturated heterocycles. The summed E-state index contributed by atoms with van der Waals surface area (Å²) in [6.45, 7) is 4.86. The van der Waals surface area contributed by atoms with Gasteiger partial charge in [0.15, 0.2) is 5.76 Å². The van der Waals surface area contributed by atoms with Crippen molar-refractivity contribution in [1.82, 2.24) is 14.4 Å². The van der Waals surface area contributed by atoms with Gasteiger partial charge in [-0.2, -0.15) is 0 Å². The monoisotopic (exact) mass is 351 g/mol. The minimum Gasteiger partial charge on any atom is -0.459 e. The van der Waals surface area contributed by atoms with Gasteiger partial charge in [0.25, 0.3) is 11.8 Å². The summed E-state index contributed by atoms with van der Waals surface area (Å²) in [4.78, 5) is 28.9. The van der Waals surface area contributed by atoms with E-state index in [0.29, 0.717) is 37.6 Å². The molecule has 0 atom stereocenters. The highest BCUT2D eigenvalue weighted by Gasteiger charge is 2.28. The summed E-state index contributed by atoms with van der Waals surface area (Å²) in [6.07, 6.45) is 1.50. The van der Waals surface area contributed by atoms with E-state index in [4.69, 9.17) is 4.42 Å². The third-order valence-corrected chi connectivity index (χ3v) is 4.93. The van der Waals surface area contributed by atoms with Crippen LogP contribution in [0.15, 0.2) is 53.1 Å². The summed E-state index contributed by atoms with van der Waals surface area (Å²) >= 11 is 0. The van der Waals surface area contributed by atoms with Crippen molar-refractivity contribution in [1.29, 1.82) is 0 Å². The van der Waals surface area contributed by atoms with Crippen molar-refractivity contribution in [2.75, 3.05) is 26.2 Å². The number of aromatic nitrogens is 1. The molecule has 1 fully saturated rings. The minimum atomic E-state index is -0.121. The first kappa shape index (κ1) is 16.4. The van der Waals surface area contributed by atoms with Gasteiger partial charge in [-0.1, -0.05) is 18.2 Å². The average Bonchev–Trinajstić information content (AvgIpc) is 3.34. The summed E-state index contributed by atoms with van der Waals surface area (Å²) in [5.74, 6) is 0.244. The zero-order valence-corrected chi connectivity index (χ0v) is 14.7. The van der Waals surface area contributed by atoms with E-state index in [1.165, 1.54) is 6.26 Å². The Hall–Kier alpha value is -3.02. The van der Waals surface area contributed by atoms with Gasteiger partial charge in [0.1, 0.15) is 5.69 Å². The molecule has 3 aromatic rings. The van der Waals surface area contributed by atoms with Gasteiger partial charge in [0, 0.05) is 43.6 Å². The number of fused-ring (bicyclic) bond motifs is 1. The third-order valence-electron chi connectivity index (χ3n) is 4.93. The van der Waals surface area contributed by atoms with Crippen LogP contribution in [-0.4, -0.2) is 52.4 Å². The zero-order valence-electron chi connectivity index (χ0n) is 14.7. The lowest BCUT2D eigenvalue weighted by Crippen LogP contribution is -2.50. The quantitative estimate of drug-likeness (QED) is 0.729. The van der Waals surface area contributed by atoms with Crippen LogP contribution in [0.25, 0.3) is 10.9 Å². The number of amides is 2. The molecule has 2 aromatic heterocycles. The number of nitrogens with zero attached hydrogens (tertiary/aromatic N) is 3. The highest BCUT2D eigenvalue weighted by atomic mass is 16.3. The van der Waals surface area contributed by atoms with Gasteiger partial charge >= 0.3 is 0 Å². The molecular weight excluding hydrogens is 330 g/mol. The van der Waals surface area contributed by atoms with E-state index in [-0.39, 0.29) is 11.8 Å². The molecule has 0 aliphatic carbocycles. The fourth-order valence-electron chi connectivity index (χ4n) is 3.56. The Labute approximate surface area is 151 Å². The molecule has 134 valence electrons. The van der Waals surface area contributed by atoms with Gasteiger partial charge in [0.05, 0.1) is 6.26 Å². The molecule has 1 aliphatic heterocycles. The Morgan fingerprint density at radius 2 is 1.65 bits per heavy atom. The van der Waals surface area contributed by atoms with Gasteiger partial charge < -0.3 is 18.8 Å². The van der Waals surface area contributed by atoms with Gasteiger partial charge in [0.2, 0.25) is 0 Å². The predicted octanol–water partition coefficient (Wildman–Crippen LogP) is 2.85. The first-order valence-corrected chi connectivity index (χ1v) is 8.89. The standard InChI is InChI=1S/C20H21N3O3/c1-2-23-16-7-4-3-6-15(16)14-17(23)19(24)21-9-11-22(12-10-21)20(25)18-8-5-13-26-18/h3-8,13-14H,2,9-12H2,1H3. The number of benzene rings is 1. The van der Waals surface area contributed by atoms with Crippen LogP contribution in [0, 0.1) is 0 Å². The van der Waals surface area contributed by atoms with E-state index < -0.39 is 0 Å². The smallest absolute Gasteiger partial charge is 0.289 e. The summed E-state index contributed by atoms with van der Waals surface area (Å²) in [5, 5.41) is 1.07. The van der Waals surface area contributed by atoms with Crippen molar-refractivity contribution in [2.45, 2.75) is 13.5 Å². The molecule has 6 heteroatoms. The van der Waals surface area contributed by atoms with Gasteiger partial charge in [-0.15, -0.1) is 0 Å². The fourth-order valence-corrected chi connectivity index (χ4v) is 3.56. The van der Waals surface area contributed by atoms with Crippen molar-refractivity contribution < 1.29 is 14.0 Å².